The Labute approximate surface area is 167 Å². The molecule has 0 bridgehead atoms. The largest absolute Gasteiger partial charge is 0.416 e. The monoisotopic (exact) mass is 411 g/mol. The second-order valence-electron chi connectivity index (χ2n) is 7.39. The smallest absolute Gasteiger partial charge is 0.335 e. The maximum atomic E-state index is 12.9. The zero-order chi connectivity index (χ0) is 20.5. The van der Waals surface area contributed by atoms with Crippen molar-refractivity contribution in [2.24, 2.45) is 0 Å². The summed E-state index contributed by atoms with van der Waals surface area (Å²) in [5, 5.41) is 0.962. The van der Waals surface area contributed by atoms with E-state index in [4.69, 9.17) is 0 Å². The molecule has 28 heavy (non-hydrogen) atoms. The number of hydrogen-bond acceptors (Lipinski definition) is 4. The molecule has 1 amide bonds. The standard InChI is InChI=1S/C20H24F3N3OS/c1-13(2)18-24-14(3)17(28-18)19(27)26-9-7-25(8-10-26)12-15-5-4-6-16(11-15)20(21,22)23/h4-6,11,13H,7-10,12H2,1-3H3. The molecule has 1 fully saturated rings. The van der Waals surface area contributed by atoms with Crippen LogP contribution in [0.5, 0.6) is 0 Å². The number of benzene rings is 1. The van der Waals surface area contributed by atoms with Crippen LogP contribution in [0.1, 0.15) is 51.3 Å². The molecule has 2 aromatic rings. The summed E-state index contributed by atoms with van der Waals surface area (Å²) in [6, 6.07) is 5.44. The summed E-state index contributed by atoms with van der Waals surface area (Å²) in [6.07, 6.45) is -4.33. The number of aromatic nitrogens is 1. The highest BCUT2D eigenvalue weighted by Gasteiger charge is 2.31. The molecule has 0 unspecified atom stereocenters. The first kappa shape index (κ1) is 20.8. The molecular weight excluding hydrogens is 387 g/mol. The normalized spacial score (nSPS) is 16.0. The van der Waals surface area contributed by atoms with E-state index in [0.29, 0.717) is 43.2 Å². The van der Waals surface area contributed by atoms with E-state index in [2.05, 4.69) is 23.7 Å². The van der Waals surface area contributed by atoms with Gasteiger partial charge in [0.05, 0.1) is 16.3 Å². The van der Waals surface area contributed by atoms with Gasteiger partial charge in [-0.25, -0.2) is 4.98 Å². The Morgan fingerprint density at radius 2 is 1.89 bits per heavy atom. The van der Waals surface area contributed by atoms with Crippen LogP contribution >= 0.6 is 11.3 Å². The lowest BCUT2D eigenvalue weighted by Crippen LogP contribution is -2.48. The molecule has 0 saturated carbocycles. The molecule has 2 heterocycles. The van der Waals surface area contributed by atoms with Crippen molar-refractivity contribution in [2.45, 2.75) is 39.4 Å². The van der Waals surface area contributed by atoms with Crippen molar-refractivity contribution >= 4 is 17.2 Å². The van der Waals surface area contributed by atoms with Gasteiger partial charge in [0.2, 0.25) is 0 Å². The number of hydrogen-bond donors (Lipinski definition) is 0. The first-order valence-electron chi connectivity index (χ1n) is 9.30. The number of alkyl halides is 3. The molecule has 1 aliphatic rings. The molecule has 0 atom stereocenters. The number of rotatable bonds is 4. The van der Waals surface area contributed by atoms with Crippen molar-refractivity contribution in [3.8, 4) is 0 Å². The van der Waals surface area contributed by atoms with Gasteiger partial charge in [0.1, 0.15) is 4.88 Å². The van der Waals surface area contributed by atoms with Crippen LogP contribution in [0.25, 0.3) is 0 Å². The number of amides is 1. The molecular formula is C20H24F3N3OS. The Hall–Kier alpha value is -1.93. The number of carbonyl (C=O) groups is 1. The Balaban J connectivity index is 1.60. The van der Waals surface area contributed by atoms with Crippen LogP contribution in [-0.2, 0) is 12.7 Å². The number of carbonyl (C=O) groups excluding carboxylic acids is 1. The van der Waals surface area contributed by atoms with Crippen molar-refractivity contribution in [3.05, 3.63) is 51.0 Å². The van der Waals surface area contributed by atoms with Gasteiger partial charge in [0.25, 0.3) is 5.91 Å². The van der Waals surface area contributed by atoms with Crippen LogP contribution in [0.3, 0.4) is 0 Å². The summed E-state index contributed by atoms with van der Waals surface area (Å²) in [5.41, 5.74) is 0.778. The van der Waals surface area contributed by atoms with E-state index in [1.165, 1.54) is 23.5 Å². The molecule has 4 nitrogen and oxygen atoms in total. The average Bonchev–Trinajstić information content (AvgIpc) is 3.03. The highest BCUT2D eigenvalue weighted by atomic mass is 32.1. The summed E-state index contributed by atoms with van der Waals surface area (Å²) >= 11 is 1.45. The molecule has 1 saturated heterocycles. The van der Waals surface area contributed by atoms with E-state index in [0.717, 1.165) is 16.8 Å². The SMILES string of the molecule is Cc1nc(C(C)C)sc1C(=O)N1CCN(Cc2cccc(C(F)(F)F)c2)CC1. The Bertz CT molecular complexity index is 839. The fourth-order valence-corrected chi connectivity index (χ4v) is 4.26. The number of thiazole rings is 1. The summed E-state index contributed by atoms with van der Waals surface area (Å²) < 4.78 is 38.6. The van der Waals surface area contributed by atoms with E-state index in [9.17, 15) is 18.0 Å². The van der Waals surface area contributed by atoms with E-state index in [-0.39, 0.29) is 11.8 Å². The zero-order valence-corrected chi connectivity index (χ0v) is 17.0. The third kappa shape index (κ3) is 4.72. The lowest BCUT2D eigenvalue weighted by molar-refractivity contribution is -0.137. The predicted octanol–water partition coefficient (Wildman–Crippen LogP) is 4.55. The molecule has 0 spiro atoms. The maximum absolute atomic E-state index is 12.9. The van der Waals surface area contributed by atoms with Crippen molar-refractivity contribution in [2.75, 3.05) is 26.2 Å². The average molecular weight is 411 g/mol. The predicted molar refractivity (Wildman–Crippen MR) is 104 cm³/mol. The molecule has 152 valence electrons. The third-order valence-corrected chi connectivity index (χ3v) is 6.27. The van der Waals surface area contributed by atoms with Gasteiger partial charge in [-0.15, -0.1) is 11.3 Å². The Morgan fingerprint density at radius 3 is 2.46 bits per heavy atom. The molecule has 1 aromatic carbocycles. The second kappa shape index (κ2) is 8.21. The highest BCUT2D eigenvalue weighted by Crippen LogP contribution is 2.30. The van der Waals surface area contributed by atoms with Gasteiger partial charge in [-0.3, -0.25) is 9.69 Å². The molecule has 0 aliphatic carbocycles. The van der Waals surface area contributed by atoms with Gasteiger partial charge in [-0.2, -0.15) is 13.2 Å². The van der Waals surface area contributed by atoms with Gasteiger partial charge in [0, 0.05) is 38.6 Å². The minimum atomic E-state index is -4.33. The van der Waals surface area contributed by atoms with Crippen LogP contribution in [0.15, 0.2) is 24.3 Å². The lowest BCUT2D eigenvalue weighted by Gasteiger charge is -2.34. The highest BCUT2D eigenvalue weighted by molar-refractivity contribution is 7.13. The van der Waals surface area contributed by atoms with Crippen molar-refractivity contribution in [3.63, 3.8) is 0 Å². The van der Waals surface area contributed by atoms with E-state index in [1.54, 1.807) is 6.07 Å². The summed E-state index contributed by atoms with van der Waals surface area (Å²) in [4.78, 5) is 21.9. The minimum absolute atomic E-state index is 0.000573. The quantitative estimate of drug-likeness (QED) is 0.741. The third-order valence-electron chi connectivity index (χ3n) is 4.82. The number of halogens is 3. The van der Waals surface area contributed by atoms with Gasteiger partial charge in [-0.1, -0.05) is 32.0 Å². The van der Waals surface area contributed by atoms with Crippen LogP contribution in [0, 0.1) is 6.92 Å². The zero-order valence-electron chi connectivity index (χ0n) is 16.2. The van der Waals surface area contributed by atoms with Crippen LogP contribution < -0.4 is 0 Å². The van der Waals surface area contributed by atoms with Crippen LogP contribution in [0.4, 0.5) is 13.2 Å². The van der Waals surface area contributed by atoms with Crippen molar-refractivity contribution in [1.29, 1.82) is 0 Å². The van der Waals surface area contributed by atoms with Crippen molar-refractivity contribution < 1.29 is 18.0 Å². The first-order chi connectivity index (χ1) is 13.1. The molecule has 3 rings (SSSR count). The molecule has 1 aliphatic heterocycles. The minimum Gasteiger partial charge on any atom is -0.335 e. The summed E-state index contributed by atoms with van der Waals surface area (Å²) in [6.45, 7) is 8.81. The molecule has 0 radical (unpaired) electrons. The number of nitrogens with zero attached hydrogens (tertiary/aromatic N) is 3. The summed E-state index contributed by atoms with van der Waals surface area (Å²) in [5.74, 6) is 0.287. The first-order valence-corrected chi connectivity index (χ1v) is 10.1. The van der Waals surface area contributed by atoms with Crippen molar-refractivity contribution in [1.82, 2.24) is 14.8 Å². The lowest BCUT2D eigenvalue weighted by atomic mass is 10.1. The Kier molecular flexibility index (Phi) is 6.09. The number of piperazine rings is 1. The van der Waals surface area contributed by atoms with Gasteiger partial charge < -0.3 is 4.90 Å². The van der Waals surface area contributed by atoms with E-state index >= 15 is 0 Å². The van der Waals surface area contributed by atoms with E-state index < -0.39 is 11.7 Å². The molecule has 0 N–H and O–H groups in total. The topological polar surface area (TPSA) is 36.4 Å². The maximum Gasteiger partial charge on any atom is 0.416 e. The van der Waals surface area contributed by atoms with E-state index in [1.807, 2.05) is 11.8 Å². The van der Waals surface area contributed by atoms with Gasteiger partial charge >= 0.3 is 6.18 Å². The van der Waals surface area contributed by atoms with Crippen LogP contribution in [-0.4, -0.2) is 46.9 Å². The summed E-state index contributed by atoms with van der Waals surface area (Å²) in [7, 11) is 0. The van der Waals surface area contributed by atoms with Crippen LogP contribution in [0.2, 0.25) is 0 Å². The van der Waals surface area contributed by atoms with Gasteiger partial charge in [0.15, 0.2) is 0 Å². The molecule has 1 aromatic heterocycles. The van der Waals surface area contributed by atoms with Gasteiger partial charge in [-0.05, 0) is 18.6 Å². The number of aryl methyl sites for hydroxylation is 1. The fraction of sp³-hybridized carbons (Fsp3) is 0.500. The fourth-order valence-electron chi connectivity index (χ4n) is 3.22. The second-order valence-corrected chi connectivity index (χ2v) is 8.42. The Morgan fingerprint density at radius 1 is 1.21 bits per heavy atom. The molecule has 8 heteroatoms.